The maximum atomic E-state index is 12.8. The fourth-order valence-corrected chi connectivity index (χ4v) is 3.77. The van der Waals surface area contributed by atoms with Gasteiger partial charge in [0.25, 0.3) is 0 Å². The van der Waals surface area contributed by atoms with E-state index in [2.05, 4.69) is 22.0 Å². The molecule has 1 aromatic carbocycles. The van der Waals surface area contributed by atoms with Crippen molar-refractivity contribution in [1.82, 2.24) is 9.88 Å². The van der Waals surface area contributed by atoms with E-state index in [9.17, 15) is 9.59 Å². The van der Waals surface area contributed by atoms with Crippen LogP contribution in [0, 0.1) is 13.8 Å². The lowest BCUT2D eigenvalue weighted by Crippen LogP contribution is -2.30. The van der Waals surface area contributed by atoms with Crippen LogP contribution in [0.25, 0.3) is 0 Å². The predicted octanol–water partition coefficient (Wildman–Crippen LogP) is 3.44. The zero-order valence-electron chi connectivity index (χ0n) is 15.0. The lowest BCUT2D eigenvalue weighted by molar-refractivity contribution is 0.0599. The summed E-state index contributed by atoms with van der Waals surface area (Å²) in [4.78, 5) is 30.1. The molecule has 0 aliphatic carbocycles. The average molecular weight is 340 g/mol. The van der Waals surface area contributed by atoms with E-state index in [0.29, 0.717) is 29.1 Å². The number of Topliss-reactive ketones (excluding diaryl/α,β-unsaturated/α-hetero) is 1. The molecule has 1 N–H and O–H groups in total. The number of hydrogen-bond donors (Lipinski definition) is 1. The fourth-order valence-electron chi connectivity index (χ4n) is 3.77. The molecule has 0 spiro atoms. The lowest BCUT2D eigenvalue weighted by atomic mass is 10.0. The van der Waals surface area contributed by atoms with Crippen LogP contribution in [-0.4, -0.2) is 41.8 Å². The van der Waals surface area contributed by atoms with Crippen molar-refractivity contribution in [2.45, 2.75) is 32.7 Å². The second-order valence-corrected chi connectivity index (χ2v) is 6.58. The zero-order valence-corrected chi connectivity index (χ0v) is 15.0. The Labute approximate surface area is 148 Å². The number of carbonyl (C=O) groups excluding carboxylic acids is 2. The minimum absolute atomic E-state index is 0.0126. The van der Waals surface area contributed by atoms with Crippen molar-refractivity contribution < 1.29 is 14.3 Å². The molecule has 5 heteroatoms. The normalized spacial score (nSPS) is 17.6. The van der Waals surface area contributed by atoms with E-state index in [-0.39, 0.29) is 11.8 Å². The van der Waals surface area contributed by atoms with E-state index in [1.807, 2.05) is 18.2 Å². The lowest BCUT2D eigenvalue weighted by Gasteiger charge is -2.24. The predicted molar refractivity (Wildman–Crippen MR) is 95.9 cm³/mol. The third-order valence-corrected chi connectivity index (χ3v) is 5.00. The molecule has 25 heavy (non-hydrogen) atoms. The number of aromatic amines is 1. The Kier molecular flexibility index (Phi) is 5.04. The number of aryl methyl sites for hydroxylation is 1. The molecule has 1 saturated heterocycles. The van der Waals surface area contributed by atoms with Gasteiger partial charge in [0.15, 0.2) is 5.78 Å². The van der Waals surface area contributed by atoms with E-state index in [1.54, 1.807) is 13.8 Å². The van der Waals surface area contributed by atoms with Crippen LogP contribution in [0.4, 0.5) is 0 Å². The summed E-state index contributed by atoms with van der Waals surface area (Å²) in [7, 11) is 1.35. The third kappa shape index (κ3) is 3.37. The van der Waals surface area contributed by atoms with Crippen molar-refractivity contribution in [3.8, 4) is 0 Å². The van der Waals surface area contributed by atoms with Crippen LogP contribution in [0.1, 0.15) is 56.6 Å². The number of benzene rings is 1. The summed E-state index contributed by atoms with van der Waals surface area (Å²) in [6.07, 6.45) is 2.15. The minimum Gasteiger partial charge on any atom is -0.465 e. The summed E-state index contributed by atoms with van der Waals surface area (Å²) < 4.78 is 4.82. The number of nitrogens with one attached hydrogen (secondary N) is 1. The van der Waals surface area contributed by atoms with Crippen LogP contribution in [0.2, 0.25) is 0 Å². The van der Waals surface area contributed by atoms with Gasteiger partial charge in [-0.05, 0) is 44.4 Å². The number of aromatic nitrogens is 1. The molecule has 0 unspecified atom stereocenters. The molecule has 0 amide bonds. The Morgan fingerprint density at radius 1 is 1.24 bits per heavy atom. The molecule has 0 bridgehead atoms. The van der Waals surface area contributed by atoms with Gasteiger partial charge >= 0.3 is 5.97 Å². The maximum absolute atomic E-state index is 12.8. The number of nitrogens with zero attached hydrogens (tertiary/aromatic N) is 1. The topological polar surface area (TPSA) is 62.4 Å². The smallest absolute Gasteiger partial charge is 0.339 e. The van der Waals surface area contributed by atoms with Gasteiger partial charge in [-0.15, -0.1) is 0 Å². The van der Waals surface area contributed by atoms with Crippen molar-refractivity contribution >= 4 is 11.8 Å². The highest BCUT2D eigenvalue weighted by Gasteiger charge is 2.29. The summed E-state index contributed by atoms with van der Waals surface area (Å²) in [5.74, 6) is -0.396. The van der Waals surface area contributed by atoms with E-state index < -0.39 is 5.97 Å². The molecule has 0 saturated carbocycles. The molecule has 3 rings (SSSR count). The molecule has 1 aliphatic rings. The number of ketones is 1. The molecule has 1 fully saturated rings. The Balaban J connectivity index is 1.79. The van der Waals surface area contributed by atoms with Crippen LogP contribution in [0.15, 0.2) is 30.3 Å². The average Bonchev–Trinajstić information content (AvgIpc) is 3.19. The number of carbonyl (C=O) groups is 2. The number of methoxy groups -OCH3 is 1. The summed E-state index contributed by atoms with van der Waals surface area (Å²) in [6, 6.07) is 10.6. The summed E-state index contributed by atoms with van der Waals surface area (Å²) in [6.45, 7) is 4.84. The molecule has 1 atom stereocenters. The first-order chi connectivity index (χ1) is 12.0. The molecule has 2 aromatic rings. The van der Waals surface area contributed by atoms with Crippen molar-refractivity contribution in [2.24, 2.45) is 0 Å². The fraction of sp³-hybridized carbons (Fsp3) is 0.400. The standard InChI is InChI=1S/C20H24N2O3/c1-13-18(20(24)25-3)14(2)21-19(13)17(23)12-22-11-7-10-16(22)15-8-5-4-6-9-15/h4-6,8-9,16,21H,7,10-12H2,1-3H3/t16-/m1/s1. The quantitative estimate of drug-likeness (QED) is 0.669. The number of hydrogen-bond acceptors (Lipinski definition) is 4. The zero-order chi connectivity index (χ0) is 18.0. The van der Waals surface area contributed by atoms with E-state index in [1.165, 1.54) is 12.7 Å². The highest BCUT2D eigenvalue weighted by Crippen LogP contribution is 2.32. The van der Waals surface area contributed by atoms with Gasteiger partial charge in [0.05, 0.1) is 24.9 Å². The van der Waals surface area contributed by atoms with E-state index in [0.717, 1.165) is 19.4 Å². The van der Waals surface area contributed by atoms with Gasteiger partial charge < -0.3 is 9.72 Å². The summed E-state index contributed by atoms with van der Waals surface area (Å²) >= 11 is 0. The molecular weight excluding hydrogens is 316 g/mol. The van der Waals surface area contributed by atoms with Crippen molar-refractivity contribution in [3.05, 3.63) is 58.4 Å². The van der Waals surface area contributed by atoms with E-state index in [4.69, 9.17) is 4.74 Å². The van der Waals surface area contributed by atoms with Gasteiger partial charge in [0.2, 0.25) is 0 Å². The number of ether oxygens (including phenoxy) is 1. The largest absolute Gasteiger partial charge is 0.465 e. The molecule has 1 aliphatic heterocycles. The Morgan fingerprint density at radius 2 is 1.96 bits per heavy atom. The van der Waals surface area contributed by atoms with Gasteiger partial charge in [-0.2, -0.15) is 0 Å². The second-order valence-electron chi connectivity index (χ2n) is 6.58. The highest BCUT2D eigenvalue weighted by atomic mass is 16.5. The highest BCUT2D eigenvalue weighted by molar-refractivity contribution is 6.02. The van der Waals surface area contributed by atoms with Crippen molar-refractivity contribution in [3.63, 3.8) is 0 Å². The van der Waals surface area contributed by atoms with Crippen LogP contribution in [0.5, 0.6) is 0 Å². The SMILES string of the molecule is COC(=O)c1c(C)[nH]c(C(=O)CN2CCC[C@@H]2c2ccccc2)c1C. The molecule has 5 nitrogen and oxygen atoms in total. The maximum Gasteiger partial charge on any atom is 0.339 e. The van der Waals surface area contributed by atoms with Gasteiger partial charge in [0.1, 0.15) is 0 Å². The first-order valence-electron chi connectivity index (χ1n) is 8.62. The van der Waals surface area contributed by atoms with Crippen LogP contribution >= 0.6 is 0 Å². The number of H-pyrrole nitrogens is 1. The van der Waals surface area contributed by atoms with Crippen molar-refractivity contribution in [1.29, 1.82) is 0 Å². The molecule has 1 aromatic heterocycles. The molecule has 132 valence electrons. The van der Waals surface area contributed by atoms with Gasteiger partial charge in [-0.1, -0.05) is 30.3 Å². The van der Waals surface area contributed by atoms with Gasteiger partial charge in [-0.25, -0.2) is 4.79 Å². The Hall–Kier alpha value is -2.40. The third-order valence-electron chi connectivity index (χ3n) is 5.00. The molecule has 0 radical (unpaired) electrons. The van der Waals surface area contributed by atoms with Crippen molar-refractivity contribution in [2.75, 3.05) is 20.2 Å². The minimum atomic E-state index is -0.409. The van der Waals surface area contributed by atoms with Gasteiger partial charge in [0, 0.05) is 11.7 Å². The number of rotatable bonds is 5. The van der Waals surface area contributed by atoms with Crippen LogP contribution in [-0.2, 0) is 4.74 Å². The van der Waals surface area contributed by atoms with Crippen LogP contribution < -0.4 is 0 Å². The summed E-state index contributed by atoms with van der Waals surface area (Å²) in [5.41, 5.74) is 3.57. The molecular formula is C20H24N2O3. The number of esters is 1. The van der Waals surface area contributed by atoms with E-state index >= 15 is 0 Å². The first-order valence-corrected chi connectivity index (χ1v) is 8.62. The molecule has 2 heterocycles. The van der Waals surface area contributed by atoms with Crippen LogP contribution in [0.3, 0.4) is 0 Å². The Morgan fingerprint density at radius 3 is 2.64 bits per heavy atom. The Bertz CT molecular complexity index is 780. The van der Waals surface area contributed by atoms with Gasteiger partial charge in [-0.3, -0.25) is 9.69 Å². The number of likely N-dealkylation sites (tertiary alicyclic amines) is 1. The monoisotopic (exact) mass is 340 g/mol. The summed E-state index contributed by atoms with van der Waals surface area (Å²) in [5, 5.41) is 0. The first kappa shape index (κ1) is 17.4. The second kappa shape index (κ2) is 7.23.